The molecule has 4 nitrogen and oxygen atoms in total. The van der Waals surface area contributed by atoms with Crippen LogP contribution in [-0.2, 0) is 0 Å². The Hall–Kier alpha value is -2.20. The summed E-state index contributed by atoms with van der Waals surface area (Å²) in [7, 11) is 0. The van der Waals surface area contributed by atoms with Gasteiger partial charge in [0.25, 0.3) is 0 Å². The molecule has 0 fully saturated rings. The van der Waals surface area contributed by atoms with E-state index in [9.17, 15) is 4.79 Å². The zero-order valence-electron chi connectivity index (χ0n) is 9.11. The fourth-order valence-electron chi connectivity index (χ4n) is 1.91. The lowest BCUT2D eigenvalue weighted by atomic mass is 10.1. The number of aromatic nitrogens is 1. The number of hydrogen-bond donors (Lipinski definition) is 2. The fraction of sp³-hybridized carbons (Fsp3) is 0. The van der Waals surface area contributed by atoms with Crippen molar-refractivity contribution >= 4 is 28.5 Å². The predicted molar refractivity (Wildman–Crippen MR) is 68.0 cm³/mol. The van der Waals surface area contributed by atoms with Gasteiger partial charge in [0.05, 0.1) is 23.1 Å². The van der Waals surface area contributed by atoms with Gasteiger partial charge in [0.1, 0.15) is 5.69 Å². The largest absolute Gasteiger partial charge is 0.477 e. The molecule has 0 saturated carbocycles. The summed E-state index contributed by atoms with van der Waals surface area (Å²) in [4.78, 5) is 13.7. The van der Waals surface area contributed by atoms with Gasteiger partial charge in [0, 0.05) is 10.9 Å². The fourth-order valence-corrected chi connectivity index (χ4v) is 2.18. The molecule has 0 radical (unpaired) electrons. The highest BCUT2D eigenvalue weighted by atomic mass is 35.5. The lowest BCUT2D eigenvalue weighted by molar-refractivity contribution is 0.0691. The third-order valence-electron chi connectivity index (χ3n) is 2.77. The minimum absolute atomic E-state index is 0.122. The molecular formula is C13H8ClNO3. The van der Waals surface area contributed by atoms with Crippen LogP contribution in [0.15, 0.2) is 41.2 Å². The molecule has 90 valence electrons. The lowest BCUT2D eigenvalue weighted by Gasteiger charge is -2.00. The number of fused-ring (bicyclic) bond motifs is 1. The summed E-state index contributed by atoms with van der Waals surface area (Å²) >= 11 is 6.14. The zero-order chi connectivity index (χ0) is 12.7. The van der Waals surface area contributed by atoms with Crippen molar-refractivity contribution in [2.24, 2.45) is 0 Å². The zero-order valence-corrected chi connectivity index (χ0v) is 9.86. The van der Waals surface area contributed by atoms with Crippen molar-refractivity contribution in [1.29, 1.82) is 0 Å². The average molecular weight is 262 g/mol. The van der Waals surface area contributed by atoms with E-state index in [2.05, 4.69) is 4.98 Å². The van der Waals surface area contributed by atoms with E-state index >= 15 is 0 Å². The number of H-pyrrole nitrogens is 1. The van der Waals surface area contributed by atoms with Crippen LogP contribution >= 0.6 is 11.6 Å². The number of benzene rings is 1. The van der Waals surface area contributed by atoms with Gasteiger partial charge in [-0.2, -0.15) is 0 Å². The molecule has 5 heteroatoms. The first-order valence-corrected chi connectivity index (χ1v) is 5.61. The summed E-state index contributed by atoms with van der Waals surface area (Å²) in [5.74, 6) is -1.01. The minimum atomic E-state index is -1.01. The van der Waals surface area contributed by atoms with E-state index in [0.29, 0.717) is 10.5 Å². The van der Waals surface area contributed by atoms with Gasteiger partial charge in [0.15, 0.2) is 0 Å². The maximum absolute atomic E-state index is 10.9. The van der Waals surface area contributed by atoms with Crippen molar-refractivity contribution in [1.82, 2.24) is 4.98 Å². The summed E-state index contributed by atoms with van der Waals surface area (Å²) in [6.07, 6.45) is 3.19. The maximum Gasteiger partial charge on any atom is 0.352 e. The van der Waals surface area contributed by atoms with Gasteiger partial charge in [-0.3, -0.25) is 0 Å². The topological polar surface area (TPSA) is 66.2 Å². The molecule has 0 aliphatic heterocycles. The molecule has 3 rings (SSSR count). The standard InChI is InChI=1S/C13H8ClNO3/c14-10-4-8(7-1-2-18-6-7)3-9-5-11(13(16)17)15-12(9)10/h1-6,15H,(H,16,17). The Morgan fingerprint density at radius 2 is 2.11 bits per heavy atom. The minimum Gasteiger partial charge on any atom is -0.477 e. The van der Waals surface area contributed by atoms with E-state index < -0.39 is 5.97 Å². The number of hydrogen-bond acceptors (Lipinski definition) is 2. The van der Waals surface area contributed by atoms with Crippen LogP contribution in [0.5, 0.6) is 0 Å². The van der Waals surface area contributed by atoms with Crippen molar-refractivity contribution in [3.8, 4) is 11.1 Å². The van der Waals surface area contributed by atoms with E-state index in [1.807, 2.05) is 12.1 Å². The highest BCUT2D eigenvalue weighted by Crippen LogP contribution is 2.31. The maximum atomic E-state index is 10.9. The number of halogens is 1. The third-order valence-corrected chi connectivity index (χ3v) is 3.06. The molecule has 2 aromatic heterocycles. The van der Waals surface area contributed by atoms with Crippen molar-refractivity contribution in [3.05, 3.63) is 47.5 Å². The SMILES string of the molecule is O=C(O)c1cc2cc(-c3ccoc3)cc(Cl)c2[nH]1. The van der Waals surface area contributed by atoms with Gasteiger partial charge >= 0.3 is 5.97 Å². The van der Waals surface area contributed by atoms with Gasteiger partial charge in [-0.1, -0.05) is 11.6 Å². The number of rotatable bonds is 2. The van der Waals surface area contributed by atoms with E-state index in [4.69, 9.17) is 21.1 Å². The monoisotopic (exact) mass is 261 g/mol. The van der Waals surface area contributed by atoms with Crippen molar-refractivity contribution in [2.45, 2.75) is 0 Å². The number of furan rings is 1. The van der Waals surface area contributed by atoms with Crippen LogP contribution in [0.25, 0.3) is 22.0 Å². The highest BCUT2D eigenvalue weighted by Gasteiger charge is 2.11. The Morgan fingerprint density at radius 3 is 2.78 bits per heavy atom. The molecule has 0 atom stereocenters. The number of nitrogens with one attached hydrogen (secondary N) is 1. The smallest absolute Gasteiger partial charge is 0.352 e. The molecule has 0 aliphatic rings. The Labute approximate surface area is 107 Å². The highest BCUT2D eigenvalue weighted by molar-refractivity contribution is 6.35. The quantitative estimate of drug-likeness (QED) is 0.738. The molecule has 0 bridgehead atoms. The first-order valence-electron chi connectivity index (χ1n) is 5.23. The van der Waals surface area contributed by atoms with Crippen LogP contribution in [-0.4, -0.2) is 16.1 Å². The molecule has 0 saturated heterocycles. The number of carbonyl (C=O) groups is 1. The molecule has 18 heavy (non-hydrogen) atoms. The Kier molecular flexibility index (Phi) is 2.38. The summed E-state index contributed by atoms with van der Waals surface area (Å²) in [6.45, 7) is 0. The van der Waals surface area contributed by atoms with E-state index in [1.54, 1.807) is 24.7 Å². The van der Waals surface area contributed by atoms with Crippen LogP contribution < -0.4 is 0 Å². The number of carboxylic acid groups (broad SMARTS) is 1. The number of aromatic carboxylic acids is 1. The van der Waals surface area contributed by atoms with Gasteiger partial charge in [-0.15, -0.1) is 0 Å². The Balaban J connectivity index is 2.24. The second-order valence-corrected chi connectivity index (χ2v) is 4.33. The summed E-state index contributed by atoms with van der Waals surface area (Å²) < 4.78 is 5.02. The van der Waals surface area contributed by atoms with Crippen LogP contribution in [0.4, 0.5) is 0 Å². The second kappa shape index (κ2) is 3.92. The van der Waals surface area contributed by atoms with Crippen LogP contribution in [0.3, 0.4) is 0 Å². The first-order chi connectivity index (χ1) is 8.65. The molecule has 2 N–H and O–H groups in total. The first kappa shape index (κ1) is 10.9. The van der Waals surface area contributed by atoms with Crippen LogP contribution in [0.2, 0.25) is 5.02 Å². The number of carboxylic acids is 1. The van der Waals surface area contributed by atoms with Crippen LogP contribution in [0.1, 0.15) is 10.5 Å². The third kappa shape index (κ3) is 1.67. The van der Waals surface area contributed by atoms with Gasteiger partial charge in [-0.05, 0) is 29.8 Å². The average Bonchev–Trinajstić information content (AvgIpc) is 2.97. The predicted octanol–water partition coefficient (Wildman–Crippen LogP) is 3.78. The molecule has 3 aromatic rings. The van der Waals surface area contributed by atoms with Crippen LogP contribution in [0, 0.1) is 0 Å². The molecule has 0 amide bonds. The van der Waals surface area contributed by atoms with Crippen molar-refractivity contribution in [2.75, 3.05) is 0 Å². The molecular weight excluding hydrogens is 254 g/mol. The molecule has 0 spiro atoms. The van der Waals surface area contributed by atoms with Crippen molar-refractivity contribution < 1.29 is 14.3 Å². The van der Waals surface area contributed by atoms with Gasteiger partial charge < -0.3 is 14.5 Å². The van der Waals surface area contributed by atoms with Gasteiger partial charge in [-0.25, -0.2) is 4.79 Å². The van der Waals surface area contributed by atoms with E-state index in [-0.39, 0.29) is 5.69 Å². The summed E-state index contributed by atoms with van der Waals surface area (Å²) in [5, 5.41) is 10.2. The number of aromatic amines is 1. The molecule has 1 aromatic carbocycles. The summed E-state index contributed by atoms with van der Waals surface area (Å²) in [6, 6.07) is 7.03. The lowest BCUT2D eigenvalue weighted by Crippen LogP contribution is -1.94. The van der Waals surface area contributed by atoms with Gasteiger partial charge in [0.2, 0.25) is 0 Å². The molecule has 2 heterocycles. The molecule has 0 unspecified atom stereocenters. The normalized spacial score (nSPS) is 10.9. The van der Waals surface area contributed by atoms with Crippen molar-refractivity contribution in [3.63, 3.8) is 0 Å². The molecule has 0 aliphatic carbocycles. The Morgan fingerprint density at radius 1 is 1.28 bits per heavy atom. The Bertz CT molecular complexity index is 728. The summed E-state index contributed by atoms with van der Waals surface area (Å²) in [5.41, 5.74) is 2.53. The van der Waals surface area contributed by atoms with E-state index in [1.165, 1.54) is 0 Å². The van der Waals surface area contributed by atoms with E-state index in [0.717, 1.165) is 16.5 Å². The second-order valence-electron chi connectivity index (χ2n) is 3.92.